The molecule has 0 fully saturated rings. The molecule has 7 heteroatoms. The van der Waals surface area contributed by atoms with Gasteiger partial charge < -0.3 is 4.74 Å². The van der Waals surface area contributed by atoms with E-state index < -0.39 is 6.10 Å². The number of halogens is 1. The Bertz CT molecular complexity index is 782. The third kappa shape index (κ3) is 2.80. The summed E-state index contributed by atoms with van der Waals surface area (Å²) in [7, 11) is 0. The summed E-state index contributed by atoms with van der Waals surface area (Å²) in [5, 5.41) is 8.80. The van der Waals surface area contributed by atoms with E-state index in [4.69, 9.17) is 16.3 Å². The number of hydrogen-bond donors (Lipinski definition) is 0. The molecule has 0 saturated heterocycles. The van der Waals surface area contributed by atoms with Crippen LogP contribution in [-0.2, 0) is 4.79 Å². The zero-order valence-electron chi connectivity index (χ0n) is 10.7. The maximum Gasteiger partial charge on any atom is 0.214 e. The van der Waals surface area contributed by atoms with Crippen LogP contribution >= 0.6 is 11.6 Å². The lowest BCUT2D eigenvalue weighted by molar-refractivity contribution is -0.114. The molecule has 3 rings (SSSR count). The van der Waals surface area contributed by atoms with Gasteiger partial charge in [0, 0.05) is 22.8 Å². The van der Waals surface area contributed by atoms with Crippen molar-refractivity contribution in [3.05, 3.63) is 53.7 Å². The molecule has 21 heavy (non-hydrogen) atoms. The van der Waals surface area contributed by atoms with Gasteiger partial charge in [-0.1, -0.05) is 11.6 Å². The highest BCUT2D eigenvalue weighted by Gasteiger charge is 2.17. The minimum absolute atomic E-state index is 0.200. The van der Waals surface area contributed by atoms with Crippen molar-refractivity contribution in [3.63, 3.8) is 0 Å². The average Bonchev–Trinajstić information content (AvgIpc) is 2.53. The zero-order chi connectivity index (χ0) is 14.7. The van der Waals surface area contributed by atoms with E-state index in [9.17, 15) is 4.79 Å². The molecule has 3 aromatic rings. The number of carbonyl (C=O) groups excluding carboxylic acids is 1. The number of benzene rings is 1. The van der Waals surface area contributed by atoms with E-state index >= 15 is 0 Å². The number of carbonyl (C=O) groups is 1. The molecule has 1 aromatic carbocycles. The van der Waals surface area contributed by atoms with Crippen LogP contribution in [0.5, 0.6) is 5.75 Å². The Balaban J connectivity index is 1.99. The zero-order valence-corrected chi connectivity index (χ0v) is 11.4. The fourth-order valence-corrected chi connectivity index (χ4v) is 2.03. The van der Waals surface area contributed by atoms with E-state index in [0.29, 0.717) is 22.6 Å². The van der Waals surface area contributed by atoms with Gasteiger partial charge in [-0.25, -0.2) is 4.98 Å². The normalized spacial score (nSPS) is 12.0. The molecule has 0 bridgehead atoms. The molecule has 1 unspecified atom stereocenters. The standard InChI is InChI=1S/C14H9ClN4O2/c15-9-1-2-10-11(7-9)16-4-3-12(10)21-13(8-20)14-17-5-6-18-19-14/h1-8,13H. The molecule has 6 nitrogen and oxygen atoms in total. The van der Waals surface area contributed by atoms with Crippen molar-refractivity contribution < 1.29 is 9.53 Å². The first-order valence-corrected chi connectivity index (χ1v) is 6.45. The highest BCUT2D eigenvalue weighted by molar-refractivity contribution is 6.31. The predicted octanol–water partition coefficient (Wildman–Crippen LogP) is 2.39. The third-order valence-electron chi connectivity index (χ3n) is 2.80. The quantitative estimate of drug-likeness (QED) is 0.688. The fraction of sp³-hybridized carbons (Fsp3) is 0.0714. The molecule has 0 N–H and O–H groups in total. The summed E-state index contributed by atoms with van der Waals surface area (Å²) >= 11 is 5.93. The van der Waals surface area contributed by atoms with Crippen LogP contribution in [0.2, 0.25) is 5.02 Å². The summed E-state index contributed by atoms with van der Waals surface area (Å²) in [6.45, 7) is 0. The van der Waals surface area contributed by atoms with Gasteiger partial charge in [0.15, 0.2) is 12.1 Å². The van der Waals surface area contributed by atoms with Gasteiger partial charge >= 0.3 is 0 Å². The lowest BCUT2D eigenvalue weighted by Crippen LogP contribution is -2.13. The monoisotopic (exact) mass is 300 g/mol. The average molecular weight is 301 g/mol. The molecule has 0 spiro atoms. The minimum atomic E-state index is -0.931. The number of hydrogen-bond acceptors (Lipinski definition) is 6. The van der Waals surface area contributed by atoms with Crippen molar-refractivity contribution in [1.82, 2.24) is 20.2 Å². The molecule has 0 saturated carbocycles. The second-order valence-corrected chi connectivity index (χ2v) is 4.58. The van der Waals surface area contributed by atoms with Crippen molar-refractivity contribution in [3.8, 4) is 5.75 Å². The Kier molecular flexibility index (Phi) is 3.70. The lowest BCUT2D eigenvalue weighted by atomic mass is 10.2. The number of fused-ring (bicyclic) bond motifs is 1. The van der Waals surface area contributed by atoms with E-state index in [-0.39, 0.29) is 5.82 Å². The van der Waals surface area contributed by atoms with Gasteiger partial charge in [-0.2, -0.15) is 5.10 Å². The number of pyridine rings is 1. The van der Waals surface area contributed by atoms with E-state index in [0.717, 1.165) is 5.39 Å². The smallest absolute Gasteiger partial charge is 0.214 e. The van der Waals surface area contributed by atoms with Gasteiger partial charge in [0.2, 0.25) is 6.10 Å². The van der Waals surface area contributed by atoms with Crippen LogP contribution in [0.4, 0.5) is 0 Å². The third-order valence-corrected chi connectivity index (χ3v) is 3.03. The Labute approximate surface area is 124 Å². The molecule has 0 aliphatic heterocycles. The second-order valence-electron chi connectivity index (χ2n) is 4.15. The summed E-state index contributed by atoms with van der Waals surface area (Å²) in [6.07, 6.45) is 4.15. The van der Waals surface area contributed by atoms with Crippen LogP contribution in [-0.4, -0.2) is 26.5 Å². The fourth-order valence-electron chi connectivity index (χ4n) is 1.86. The van der Waals surface area contributed by atoms with Crippen LogP contribution in [0.3, 0.4) is 0 Å². The van der Waals surface area contributed by atoms with Crippen LogP contribution in [0.25, 0.3) is 10.9 Å². The van der Waals surface area contributed by atoms with Gasteiger partial charge in [-0.15, -0.1) is 5.10 Å². The van der Waals surface area contributed by atoms with Crippen LogP contribution < -0.4 is 4.74 Å². The van der Waals surface area contributed by atoms with Crippen molar-refractivity contribution >= 4 is 28.8 Å². The van der Waals surface area contributed by atoms with E-state index in [1.807, 2.05) is 0 Å². The Hall–Kier alpha value is -2.60. The summed E-state index contributed by atoms with van der Waals surface area (Å²) in [4.78, 5) is 19.4. The first-order valence-electron chi connectivity index (χ1n) is 6.08. The molecule has 1 atom stereocenters. The van der Waals surface area contributed by atoms with Crippen molar-refractivity contribution in [1.29, 1.82) is 0 Å². The molecule has 0 aliphatic rings. The predicted molar refractivity (Wildman–Crippen MR) is 76.0 cm³/mol. The summed E-state index contributed by atoms with van der Waals surface area (Å²) in [5.41, 5.74) is 0.678. The molecule has 0 amide bonds. The number of aromatic nitrogens is 4. The van der Waals surface area contributed by atoms with Crippen molar-refractivity contribution in [2.75, 3.05) is 0 Å². The SMILES string of the molecule is O=CC(Oc1ccnc2cc(Cl)ccc12)c1nccnn1. The first-order chi connectivity index (χ1) is 10.3. The Morgan fingerprint density at radius 1 is 1.14 bits per heavy atom. The van der Waals surface area contributed by atoms with Gasteiger partial charge in [-0.3, -0.25) is 9.78 Å². The van der Waals surface area contributed by atoms with Gasteiger partial charge in [0.05, 0.1) is 11.7 Å². The van der Waals surface area contributed by atoms with E-state index in [2.05, 4.69) is 20.2 Å². The molecule has 0 radical (unpaired) electrons. The number of nitrogens with zero attached hydrogens (tertiary/aromatic N) is 4. The van der Waals surface area contributed by atoms with Crippen LogP contribution in [0.1, 0.15) is 11.9 Å². The highest BCUT2D eigenvalue weighted by Crippen LogP contribution is 2.28. The summed E-state index contributed by atoms with van der Waals surface area (Å²) < 4.78 is 5.69. The van der Waals surface area contributed by atoms with Gasteiger partial charge in [-0.05, 0) is 24.3 Å². The summed E-state index contributed by atoms with van der Waals surface area (Å²) in [6, 6.07) is 6.91. The summed E-state index contributed by atoms with van der Waals surface area (Å²) in [5.74, 6) is 0.702. The number of ether oxygens (including phenoxy) is 1. The molecule has 2 aromatic heterocycles. The molecule has 0 aliphatic carbocycles. The second kappa shape index (κ2) is 5.80. The van der Waals surface area contributed by atoms with Crippen LogP contribution in [0.15, 0.2) is 42.9 Å². The van der Waals surface area contributed by atoms with Crippen LogP contribution in [0, 0.1) is 0 Å². The lowest BCUT2D eigenvalue weighted by Gasteiger charge is -2.13. The van der Waals surface area contributed by atoms with E-state index in [1.165, 1.54) is 12.4 Å². The molecule has 104 valence electrons. The van der Waals surface area contributed by atoms with Crippen molar-refractivity contribution in [2.45, 2.75) is 6.10 Å². The molecular formula is C14H9ClN4O2. The van der Waals surface area contributed by atoms with Gasteiger partial charge in [0.1, 0.15) is 5.75 Å². The first kappa shape index (κ1) is 13.4. The van der Waals surface area contributed by atoms with E-state index in [1.54, 1.807) is 30.5 Å². The number of rotatable bonds is 4. The Morgan fingerprint density at radius 2 is 2.05 bits per heavy atom. The highest BCUT2D eigenvalue weighted by atomic mass is 35.5. The topological polar surface area (TPSA) is 77.9 Å². The Morgan fingerprint density at radius 3 is 2.81 bits per heavy atom. The number of aldehydes is 1. The minimum Gasteiger partial charge on any atom is -0.474 e. The largest absolute Gasteiger partial charge is 0.474 e. The maximum atomic E-state index is 11.2. The molecule has 2 heterocycles. The maximum absolute atomic E-state index is 11.2. The van der Waals surface area contributed by atoms with Crippen molar-refractivity contribution in [2.24, 2.45) is 0 Å². The molecular weight excluding hydrogens is 292 g/mol. The van der Waals surface area contributed by atoms with Gasteiger partial charge in [0.25, 0.3) is 0 Å².